The van der Waals surface area contributed by atoms with Crippen molar-refractivity contribution >= 4 is 33.4 Å². The van der Waals surface area contributed by atoms with E-state index in [1.807, 2.05) is 45.9 Å². The fraction of sp³-hybridized carbons (Fsp3) is 0.526. The second kappa shape index (κ2) is 8.43. The monoisotopic (exact) mass is 361 g/mol. The zero-order chi connectivity index (χ0) is 18.4. The smallest absolute Gasteiger partial charge is 0.240 e. The third kappa shape index (κ3) is 6.12. The van der Waals surface area contributed by atoms with Gasteiger partial charge in [-0.1, -0.05) is 12.1 Å². The Morgan fingerprint density at radius 2 is 1.96 bits per heavy atom. The minimum atomic E-state index is -0.285. The zero-order valence-corrected chi connectivity index (χ0v) is 16.3. The van der Waals surface area contributed by atoms with Gasteiger partial charge in [-0.05, 0) is 52.7 Å². The van der Waals surface area contributed by atoms with Crippen molar-refractivity contribution in [2.24, 2.45) is 0 Å². The molecule has 0 radical (unpaired) electrons. The number of amides is 2. The summed E-state index contributed by atoms with van der Waals surface area (Å²) in [4.78, 5) is 30.6. The fourth-order valence-electron chi connectivity index (χ4n) is 2.58. The number of fused-ring (bicyclic) bond motifs is 1. The van der Waals surface area contributed by atoms with Gasteiger partial charge in [-0.15, -0.1) is 11.3 Å². The van der Waals surface area contributed by atoms with Gasteiger partial charge in [0, 0.05) is 18.5 Å². The van der Waals surface area contributed by atoms with Gasteiger partial charge in [-0.2, -0.15) is 0 Å². The molecule has 0 saturated heterocycles. The van der Waals surface area contributed by atoms with Crippen molar-refractivity contribution in [2.75, 3.05) is 13.1 Å². The molecule has 1 aromatic heterocycles. The molecule has 25 heavy (non-hydrogen) atoms. The Bertz CT molecular complexity index is 701. The van der Waals surface area contributed by atoms with Crippen molar-refractivity contribution in [2.45, 2.75) is 52.5 Å². The minimum absolute atomic E-state index is 0.0210. The van der Waals surface area contributed by atoms with Crippen LogP contribution < -0.4 is 5.32 Å². The molecule has 2 rings (SSSR count). The summed E-state index contributed by atoms with van der Waals surface area (Å²) >= 11 is 1.68. The summed E-state index contributed by atoms with van der Waals surface area (Å²) in [6, 6.07) is 8.06. The first-order chi connectivity index (χ1) is 11.8. The van der Waals surface area contributed by atoms with E-state index in [0.29, 0.717) is 13.0 Å². The number of para-hydroxylation sites is 1. The zero-order valence-electron chi connectivity index (χ0n) is 15.5. The van der Waals surface area contributed by atoms with Crippen LogP contribution in [-0.4, -0.2) is 40.3 Å². The Kier molecular flexibility index (Phi) is 6.53. The van der Waals surface area contributed by atoms with Gasteiger partial charge < -0.3 is 10.2 Å². The van der Waals surface area contributed by atoms with Crippen molar-refractivity contribution in [3.05, 3.63) is 29.3 Å². The Balaban J connectivity index is 1.82. The number of carbonyl (C=O) groups excluding carboxylic acids is 2. The van der Waals surface area contributed by atoms with Crippen LogP contribution in [0.3, 0.4) is 0 Å². The number of rotatable bonds is 7. The molecule has 2 amide bonds. The highest BCUT2D eigenvalue weighted by molar-refractivity contribution is 7.18. The van der Waals surface area contributed by atoms with E-state index in [4.69, 9.17) is 0 Å². The molecule has 5 nitrogen and oxygen atoms in total. The SMILES string of the molecule is CCN(CC(=O)NC(C)(C)C)C(=O)CCCc1nc2ccccc2s1. The summed E-state index contributed by atoms with van der Waals surface area (Å²) in [5.41, 5.74) is 0.731. The molecule has 1 heterocycles. The van der Waals surface area contributed by atoms with E-state index in [1.54, 1.807) is 16.2 Å². The third-order valence-corrected chi connectivity index (χ3v) is 4.80. The number of carbonyl (C=O) groups is 2. The van der Waals surface area contributed by atoms with Crippen LogP contribution in [0.15, 0.2) is 24.3 Å². The van der Waals surface area contributed by atoms with Crippen LogP contribution in [0.4, 0.5) is 0 Å². The summed E-state index contributed by atoms with van der Waals surface area (Å²) in [7, 11) is 0. The lowest BCUT2D eigenvalue weighted by Crippen LogP contribution is -2.47. The van der Waals surface area contributed by atoms with Crippen molar-refractivity contribution < 1.29 is 9.59 Å². The van der Waals surface area contributed by atoms with Gasteiger partial charge in [0.1, 0.15) is 0 Å². The number of nitrogens with zero attached hydrogens (tertiary/aromatic N) is 2. The lowest BCUT2D eigenvalue weighted by atomic mass is 10.1. The van der Waals surface area contributed by atoms with Crippen LogP contribution in [0, 0.1) is 0 Å². The topological polar surface area (TPSA) is 62.3 Å². The standard InChI is InChI=1S/C19H27N3O2S/c1-5-22(13-16(23)21-19(2,3)4)18(24)12-8-11-17-20-14-9-6-7-10-15(14)25-17/h6-7,9-10H,5,8,11-13H2,1-4H3,(H,21,23). The maximum atomic E-state index is 12.4. The molecule has 1 aromatic carbocycles. The highest BCUT2D eigenvalue weighted by Crippen LogP contribution is 2.22. The van der Waals surface area contributed by atoms with Crippen LogP contribution in [0.25, 0.3) is 10.2 Å². The van der Waals surface area contributed by atoms with Crippen LogP contribution in [0.1, 0.15) is 45.5 Å². The predicted molar refractivity (Wildman–Crippen MR) is 103 cm³/mol. The van der Waals surface area contributed by atoms with Crippen molar-refractivity contribution in [3.8, 4) is 0 Å². The van der Waals surface area contributed by atoms with Crippen LogP contribution in [-0.2, 0) is 16.0 Å². The van der Waals surface area contributed by atoms with Gasteiger partial charge in [0.2, 0.25) is 11.8 Å². The number of hydrogen-bond donors (Lipinski definition) is 1. The largest absolute Gasteiger partial charge is 0.350 e. The van der Waals surface area contributed by atoms with E-state index in [0.717, 1.165) is 23.4 Å². The summed E-state index contributed by atoms with van der Waals surface area (Å²) in [6.07, 6.45) is 1.97. The molecular formula is C19H27N3O2S. The molecule has 0 fully saturated rings. The highest BCUT2D eigenvalue weighted by atomic mass is 32.1. The molecule has 0 atom stereocenters. The van der Waals surface area contributed by atoms with Crippen LogP contribution in [0.5, 0.6) is 0 Å². The molecule has 0 spiro atoms. The van der Waals surface area contributed by atoms with Gasteiger partial charge in [-0.25, -0.2) is 4.98 Å². The number of likely N-dealkylation sites (N-methyl/N-ethyl adjacent to an activating group) is 1. The molecule has 0 aliphatic heterocycles. The number of hydrogen-bond acceptors (Lipinski definition) is 4. The normalized spacial score (nSPS) is 11.5. The second-order valence-corrected chi connectivity index (χ2v) is 8.25. The maximum Gasteiger partial charge on any atom is 0.240 e. The Morgan fingerprint density at radius 3 is 2.60 bits per heavy atom. The summed E-state index contributed by atoms with van der Waals surface area (Å²) < 4.78 is 1.18. The lowest BCUT2D eigenvalue weighted by molar-refractivity contribution is -0.136. The van der Waals surface area contributed by atoms with Crippen molar-refractivity contribution in [3.63, 3.8) is 0 Å². The molecule has 0 saturated carbocycles. The van der Waals surface area contributed by atoms with E-state index in [1.165, 1.54) is 4.70 Å². The van der Waals surface area contributed by atoms with Gasteiger partial charge in [0.15, 0.2) is 0 Å². The van der Waals surface area contributed by atoms with E-state index in [2.05, 4.69) is 16.4 Å². The minimum Gasteiger partial charge on any atom is -0.350 e. The van der Waals surface area contributed by atoms with E-state index in [9.17, 15) is 9.59 Å². The van der Waals surface area contributed by atoms with Gasteiger partial charge in [0.25, 0.3) is 0 Å². The Morgan fingerprint density at radius 1 is 1.24 bits per heavy atom. The molecule has 0 aliphatic carbocycles. The molecule has 0 aliphatic rings. The summed E-state index contributed by atoms with van der Waals surface area (Å²) in [5, 5.41) is 3.95. The first-order valence-electron chi connectivity index (χ1n) is 8.71. The van der Waals surface area contributed by atoms with Crippen LogP contribution in [0.2, 0.25) is 0 Å². The molecule has 6 heteroatoms. The van der Waals surface area contributed by atoms with E-state index >= 15 is 0 Å². The number of nitrogens with one attached hydrogen (secondary N) is 1. The lowest BCUT2D eigenvalue weighted by Gasteiger charge is -2.25. The molecule has 1 N–H and O–H groups in total. The average molecular weight is 362 g/mol. The maximum absolute atomic E-state index is 12.4. The molecule has 2 aromatic rings. The quantitative estimate of drug-likeness (QED) is 0.822. The highest BCUT2D eigenvalue weighted by Gasteiger charge is 2.19. The summed E-state index contributed by atoms with van der Waals surface area (Å²) in [5.74, 6) is -0.0958. The van der Waals surface area contributed by atoms with Gasteiger partial charge in [0.05, 0.1) is 21.8 Å². The average Bonchev–Trinajstić information content (AvgIpc) is 2.93. The van der Waals surface area contributed by atoms with Crippen molar-refractivity contribution in [1.29, 1.82) is 0 Å². The fourth-order valence-corrected chi connectivity index (χ4v) is 3.59. The number of benzene rings is 1. The predicted octanol–water partition coefficient (Wildman–Crippen LogP) is 3.38. The van der Waals surface area contributed by atoms with E-state index in [-0.39, 0.29) is 23.9 Å². The van der Waals surface area contributed by atoms with Crippen molar-refractivity contribution in [1.82, 2.24) is 15.2 Å². The number of aryl methyl sites for hydroxylation is 1. The Hall–Kier alpha value is -1.95. The van der Waals surface area contributed by atoms with E-state index < -0.39 is 0 Å². The first kappa shape index (κ1) is 19.4. The van der Waals surface area contributed by atoms with Crippen LogP contribution >= 0.6 is 11.3 Å². The molecular weight excluding hydrogens is 334 g/mol. The molecule has 0 unspecified atom stereocenters. The number of thiazole rings is 1. The summed E-state index contributed by atoms with van der Waals surface area (Å²) in [6.45, 7) is 8.35. The van der Waals surface area contributed by atoms with Gasteiger partial charge in [-0.3, -0.25) is 9.59 Å². The Labute approximate surface area is 153 Å². The second-order valence-electron chi connectivity index (χ2n) is 7.13. The van der Waals surface area contributed by atoms with Gasteiger partial charge >= 0.3 is 0 Å². The number of aromatic nitrogens is 1. The molecule has 136 valence electrons. The first-order valence-corrected chi connectivity index (χ1v) is 9.53. The third-order valence-electron chi connectivity index (χ3n) is 3.70. The molecule has 0 bridgehead atoms.